The second-order valence-electron chi connectivity index (χ2n) is 5.81. The van der Waals surface area contributed by atoms with Crippen molar-refractivity contribution in [3.8, 4) is 5.75 Å². The lowest BCUT2D eigenvalue weighted by atomic mass is 10.1. The molecule has 7 nitrogen and oxygen atoms in total. The Hall–Kier alpha value is -3.56. The summed E-state index contributed by atoms with van der Waals surface area (Å²) in [5, 5.41) is 0. The molecule has 1 aliphatic rings. The van der Waals surface area contributed by atoms with E-state index in [1.54, 1.807) is 24.3 Å². The van der Waals surface area contributed by atoms with Crippen molar-refractivity contribution in [2.24, 2.45) is 0 Å². The molecule has 0 atom stereocenters. The van der Waals surface area contributed by atoms with Crippen LogP contribution in [0.4, 0.5) is 18.9 Å². The highest BCUT2D eigenvalue weighted by Gasteiger charge is 2.30. The number of halogens is 3. The van der Waals surface area contributed by atoms with Gasteiger partial charge in [0.2, 0.25) is 0 Å². The van der Waals surface area contributed by atoms with E-state index in [9.17, 15) is 27.6 Å². The summed E-state index contributed by atoms with van der Waals surface area (Å²) < 4.78 is 42.9. The lowest BCUT2D eigenvalue weighted by Gasteiger charge is -2.28. The number of carbonyl (C=O) groups is 3. The normalized spacial score (nSPS) is 13.4. The molecule has 0 fully saturated rings. The Morgan fingerprint density at radius 1 is 1.04 bits per heavy atom. The van der Waals surface area contributed by atoms with E-state index in [0.29, 0.717) is 11.4 Å². The van der Waals surface area contributed by atoms with Gasteiger partial charge in [-0.15, -0.1) is 0 Å². The number of rotatable bonds is 3. The van der Waals surface area contributed by atoms with Crippen molar-refractivity contribution in [2.75, 3.05) is 18.1 Å². The van der Waals surface area contributed by atoms with Gasteiger partial charge in [0.25, 0.3) is 17.7 Å². The first-order chi connectivity index (χ1) is 13.3. The number of para-hydroxylation sites is 2. The molecule has 3 amide bonds. The van der Waals surface area contributed by atoms with Crippen LogP contribution in [0.1, 0.15) is 15.9 Å². The average Bonchev–Trinajstić information content (AvgIpc) is 2.68. The fraction of sp³-hybridized carbons (Fsp3) is 0.167. The summed E-state index contributed by atoms with van der Waals surface area (Å²) in [6.45, 7) is -0.589. The molecular weight excluding hydrogens is 379 g/mol. The van der Waals surface area contributed by atoms with Crippen LogP contribution in [0.2, 0.25) is 0 Å². The molecule has 2 N–H and O–H groups in total. The summed E-state index contributed by atoms with van der Waals surface area (Å²) in [7, 11) is 0. The zero-order valence-corrected chi connectivity index (χ0v) is 14.2. The first kappa shape index (κ1) is 19.2. The van der Waals surface area contributed by atoms with E-state index in [4.69, 9.17) is 4.74 Å². The van der Waals surface area contributed by atoms with Crippen LogP contribution >= 0.6 is 0 Å². The van der Waals surface area contributed by atoms with Gasteiger partial charge in [0.15, 0.2) is 6.61 Å². The van der Waals surface area contributed by atoms with Crippen LogP contribution in [0, 0.1) is 0 Å². The van der Waals surface area contributed by atoms with Crippen LogP contribution in [0.5, 0.6) is 5.75 Å². The molecule has 0 saturated heterocycles. The Bertz CT molecular complexity index is 913. The van der Waals surface area contributed by atoms with Crippen LogP contribution in [-0.4, -0.2) is 30.9 Å². The highest BCUT2D eigenvalue weighted by Crippen LogP contribution is 2.31. The first-order valence-corrected chi connectivity index (χ1v) is 8.04. The molecule has 10 heteroatoms. The third-order valence-corrected chi connectivity index (χ3v) is 3.90. The van der Waals surface area contributed by atoms with Crippen molar-refractivity contribution in [1.82, 2.24) is 10.9 Å². The molecule has 0 aliphatic carbocycles. The minimum absolute atomic E-state index is 0.0684. The van der Waals surface area contributed by atoms with Crippen molar-refractivity contribution in [3.05, 3.63) is 59.7 Å². The van der Waals surface area contributed by atoms with Crippen molar-refractivity contribution < 1.29 is 32.3 Å². The van der Waals surface area contributed by atoms with Crippen LogP contribution in [0.3, 0.4) is 0 Å². The highest BCUT2D eigenvalue weighted by atomic mass is 19.4. The number of nitrogens with zero attached hydrogens (tertiary/aromatic N) is 1. The zero-order chi connectivity index (χ0) is 20.3. The summed E-state index contributed by atoms with van der Waals surface area (Å²) in [4.78, 5) is 37.2. The van der Waals surface area contributed by atoms with Crippen molar-refractivity contribution >= 4 is 23.4 Å². The standard InChI is InChI=1S/C18H14F3N3O4/c19-18(20,21)12-7-5-11(6-8-12)17(27)23-22-15(25)9-24-13-3-1-2-4-14(13)28-10-16(24)26/h1-8H,9-10H2,(H,22,25)(H,23,27). The second kappa shape index (κ2) is 7.59. The van der Waals surface area contributed by atoms with Gasteiger partial charge in [-0.05, 0) is 36.4 Å². The number of alkyl halides is 3. The molecule has 2 aromatic carbocycles. The van der Waals surface area contributed by atoms with Gasteiger partial charge in [0, 0.05) is 5.56 Å². The molecule has 0 unspecified atom stereocenters. The maximum Gasteiger partial charge on any atom is 0.416 e. The number of fused-ring (bicyclic) bond motifs is 1. The van der Waals surface area contributed by atoms with E-state index >= 15 is 0 Å². The second-order valence-corrected chi connectivity index (χ2v) is 5.81. The van der Waals surface area contributed by atoms with Crippen molar-refractivity contribution in [3.63, 3.8) is 0 Å². The van der Waals surface area contributed by atoms with Gasteiger partial charge in [-0.25, -0.2) is 0 Å². The maximum absolute atomic E-state index is 12.5. The number of benzene rings is 2. The predicted octanol–water partition coefficient (Wildman–Crippen LogP) is 1.89. The van der Waals surface area contributed by atoms with Crippen molar-refractivity contribution in [1.29, 1.82) is 0 Å². The number of carbonyl (C=O) groups excluding carboxylic acids is 3. The largest absolute Gasteiger partial charge is 0.482 e. The minimum Gasteiger partial charge on any atom is -0.482 e. The molecule has 0 bridgehead atoms. The first-order valence-electron chi connectivity index (χ1n) is 8.04. The predicted molar refractivity (Wildman–Crippen MR) is 91.3 cm³/mol. The zero-order valence-electron chi connectivity index (χ0n) is 14.2. The summed E-state index contributed by atoms with van der Waals surface area (Å²) in [6, 6.07) is 10.2. The lowest BCUT2D eigenvalue weighted by Crippen LogP contribution is -2.49. The number of hydrazine groups is 1. The van der Waals surface area contributed by atoms with E-state index < -0.39 is 29.5 Å². The summed E-state index contributed by atoms with van der Waals surface area (Å²) >= 11 is 0. The van der Waals surface area contributed by atoms with Gasteiger partial charge in [-0.2, -0.15) is 13.2 Å². The summed E-state index contributed by atoms with van der Waals surface area (Å²) in [5.74, 6) is -1.47. The summed E-state index contributed by atoms with van der Waals surface area (Å²) in [6.07, 6.45) is -4.51. The van der Waals surface area contributed by atoms with Gasteiger partial charge in [-0.1, -0.05) is 12.1 Å². The third kappa shape index (κ3) is 4.22. The van der Waals surface area contributed by atoms with Gasteiger partial charge in [0.05, 0.1) is 11.3 Å². The van der Waals surface area contributed by atoms with Crippen LogP contribution in [0.25, 0.3) is 0 Å². The van der Waals surface area contributed by atoms with Gasteiger partial charge in [-0.3, -0.25) is 30.1 Å². The Morgan fingerprint density at radius 2 is 1.71 bits per heavy atom. The fourth-order valence-electron chi connectivity index (χ4n) is 2.52. The number of nitrogens with one attached hydrogen (secondary N) is 2. The highest BCUT2D eigenvalue weighted by molar-refractivity contribution is 6.02. The van der Waals surface area contributed by atoms with Gasteiger partial charge < -0.3 is 4.74 Å². The fourth-order valence-corrected chi connectivity index (χ4v) is 2.52. The SMILES string of the molecule is O=C(CN1C(=O)COc2ccccc21)NNC(=O)c1ccc(C(F)(F)F)cc1. The minimum atomic E-state index is -4.51. The van der Waals surface area contributed by atoms with Crippen molar-refractivity contribution in [2.45, 2.75) is 6.18 Å². The quantitative estimate of drug-likeness (QED) is 0.780. The third-order valence-electron chi connectivity index (χ3n) is 3.90. The van der Waals surface area contributed by atoms with Gasteiger partial charge >= 0.3 is 6.18 Å². The van der Waals surface area contributed by atoms with Crippen LogP contribution in [0.15, 0.2) is 48.5 Å². The van der Waals surface area contributed by atoms with E-state index in [1.165, 1.54) is 4.90 Å². The molecule has 0 radical (unpaired) electrons. The smallest absolute Gasteiger partial charge is 0.416 e. The Balaban J connectivity index is 1.59. The average molecular weight is 393 g/mol. The molecular formula is C18H14F3N3O4. The van der Waals surface area contributed by atoms with Crippen LogP contribution in [-0.2, 0) is 15.8 Å². The van der Waals surface area contributed by atoms with Crippen LogP contribution < -0.4 is 20.5 Å². The molecule has 1 aliphatic heterocycles. The monoisotopic (exact) mass is 393 g/mol. The van der Waals surface area contributed by atoms with E-state index in [1.807, 2.05) is 0 Å². The number of hydrogen-bond donors (Lipinski definition) is 2. The molecule has 28 heavy (non-hydrogen) atoms. The number of amides is 3. The summed E-state index contributed by atoms with van der Waals surface area (Å²) in [5.41, 5.74) is 3.69. The molecule has 1 heterocycles. The maximum atomic E-state index is 12.5. The molecule has 2 aromatic rings. The number of ether oxygens (including phenoxy) is 1. The molecule has 146 valence electrons. The van der Waals surface area contributed by atoms with Gasteiger partial charge in [0.1, 0.15) is 12.3 Å². The van der Waals surface area contributed by atoms with E-state index in [2.05, 4.69) is 10.9 Å². The number of hydrogen-bond acceptors (Lipinski definition) is 4. The number of anilines is 1. The lowest BCUT2D eigenvalue weighted by molar-refractivity contribution is -0.137. The molecule has 3 rings (SSSR count). The van der Waals surface area contributed by atoms with E-state index in [-0.39, 0.29) is 18.7 Å². The van der Waals surface area contributed by atoms with E-state index in [0.717, 1.165) is 24.3 Å². The molecule has 0 aromatic heterocycles. The Kier molecular flexibility index (Phi) is 5.21. The molecule has 0 saturated carbocycles. The Morgan fingerprint density at radius 3 is 2.39 bits per heavy atom. The Labute approximate surface area is 157 Å². The molecule has 0 spiro atoms. The topological polar surface area (TPSA) is 87.7 Å².